The van der Waals surface area contributed by atoms with Gasteiger partial charge in [0.25, 0.3) is 0 Å². The van der Waals surface area contributed by atoms with Gasteiger partial charge in [-0.2, -0.15) is 5.26 Å². The Morgan fingerprint density at radius 2 is 2.03 bits per heavy atom. The summed E-state index contributed by atoms with van der Waals surface area (Å²) in [6.45, 7) is 5.17. The number of rotatable bonds is 6. The highest BCUT2D eigenvalue weighted by Crippen LogP contribution is 2.25. The lowest BCUT2D eigenvalue weighted by Crippen LogP contribution is -2.18. The number of hydrogen-bond acceptors (Lipinski definition) is 7. The molecule has 0 radical (unpaired) electrons. The zero-order chi connectivity index (χ0) is 20.8. The van der Waals surface area contributed by atoms with Crippen LogP contribution in [0.15, 0.2) is 55.5 Å². The van der Waals surface area contributed by atoms with E-state index in [1.54, 1.807) is 13.1 Å². The van der Waals surface area contributed by atoms with E-state index in [0.717, 1.165) is 28.5 Å². The molecule has 8 nitrogen and oxygen atoms in total. The van der Waals surface area contributed by atoms with Gasteiger partial charge in [0.05, 0.1) is 30.2 Å². The Morgan fingerprint density at radius 1 is 1.21 bits per heavy atom. The fraction of sp³-hybridized carbons (Fsp3) is 0.100. The Hall–Kier alpha value is -3.90. The third-order valence-corrected chi connectivity index (χ3v) is 4.83. The van der Waals surface area contributed by atoms with E-state index in [4.69, 9.17) is 5.26 Å². The van der Waals surface area contributed by atoms with Crippen LogP contribution in [-0.2, 0) is 9.59 Å². The first-order valence-electron chi connectivity index (χ1n) is 8.52. The van der Waals surface area contributed by atoms with Crippen molar-refractivity contribution in [3.63, 3.8) is 0 Å². The van der Waals surface area contributed by atoms with Crippen LogP contribution in [0.4, 0.5) is 10.9 Å². The summed E-state index contributed by atoms with van der Waals surface area (Å²) < 4.78 is 0. The molecule has 1 atom stereocenters. The molecule has 1 unspecified atom stereocenters. The van der Waals surface area contributed by atoms with Crippen molar-refractivity contribution in [1.82, 2.24) is 15.0 Å². The highest BCUT2D eigenvalue weighted by atomic mass is 32.1. The maximum Gasteiger partial charge on any atom is 0.248 e. The minimum Gasteiger partial charge on any atom is -0.306 e. The average molecular weight is 404 g/mol. The van der Waals surface area contributed by atoms with E-state index < -0.39 is 5.92 Å². The van der Waals surface area contributed by atoms with Crippen molar-refractivity contribution in [2.75, 3.05) is 10.6 Å². The third-order valence-electron chi connectivity index (χ3n) is 4.01. The van der Waals surface area contributed by atoms with Gasteiger partial charge in [-0.15, -0.1) is 0 Å². The molecule has 9 heteroatoms. The lowest BCUT2D eigenvalue weighted by molar-refractivity contribution is -0.117. The highest BCUT2D eigenvalue weighted by molar-refractivity contribution is 7.16. The summed E-state index contributed by atoms with van der Waals surface area (Å²) in [5, 5.41) is 14.5. The van der Waals surface area contributed by atoms with E-state index in [1.807, 2.05) is 30.3 Å². The molecule has 0 fully saturated rings. The normalized spacial score (nSPS) is 11.2. The molecule has 0 spiro atoms. The Labute approximate surface area is 171 Å². The van der Waals surface area contributed by atoms with Gasteiger partial charge in [0.15, 0.2) is 10.9 Å². The minimum absolute atomic E-state index is 0.227. The Bertz CT molecular complexity index is 1100. The predicted molar refractivity (Wildman–Crippen MR) is 110 cm³/mol. The van der Waals surface area contributed by atoms with Gasteiger partial charge in [-0.3, -0.25) is 14.6 Å². The predicted octanol–water partition coefficient (Wildman–Crippen LogP) is 3.34. The topological polar surface area (TPSA) is 121 Å². The number of nitrogens with zero attached hydrogens (tertiary/aromatic N) is 4. The van der Waals surface area contributed by atoms with Gasteiger partial charge in [0.1, 0.15) is 10.9 Å². The van der Waals surface area contributed by atoms with Crippen molar-refractivity contribution >= 4 is 34.1 Å². The number of carbonyl (C=O) groups is 2. The summed E-state index contributed by atoms with van der Waals surface area (Å²) >= 11 is 1.12. The van der Waals surface area contributed by atoms with Gasteiger partial charge >= 0.3 is 0 Å². The fourth-order valence-electron chi connectivity index (χ4n) is 2.43. The van der Waals surface area contributed by atoms with Crippen LogP contribution >= 0.6 is 11.3 Å². The molecule has 3 rings (SSSR count). The Kier molecular flexibility index (Phi) is 6.06. The monoisotopic (exact) mass is 404 g/mol. The van der Waals surface area contributed by atoms with Gasteiger partial charge in [-0.25, -0.2) is 9.97 Å². The number of anilines is 2. The standard InChI is InChI=1S/C20H16N6O2S/c1-3-18(27)25-17-11-22-16(10-23-17)14-6-4-5-13(7-14)12(2)19(28)26-20-24-9-15(8-21)29-20/h3-7,9-12H,1H2,2H3,(H,23,25,27)(H,24,26,28). The van der Waals surface area contributed by atoms with Gasteiger partial charge in [0.2, 0.25) is 11.8 Å². The fourth-order valence-corrected chi connectivity index (χ4v) is 3.05. The number of amides is 2. The molecule has 2 heterocycles. The molecule has 29 heavy (non-hydrogen) atoms. The highest BCUT2D eigenvalue weighted by Gasteiger charge is 2.17. The SMILES string of the molecule is C=CC(=O)Nc1cnc(-c2cccc(C(C)C(=O)Nc3ncc(C#N)s3)c2)cn1. The lowest BCUT2D eigenvalue weighted by atomic mass is 9.97. The molecular weight excluding hydrogens is 388 g/mol. The average Bonchev–Trinajstić information content (AvgIpc) is 3.21. The van der Waals surface area contributed by atoms with Crippen LogP contribution < -0.4 is 10.6 Å². The Morgan fingerprint density at radius 3 is 2.69 bits per heavy atom. The molecule has 2 aromatic heterocycles. The van der Waals surface area contributed by atoms with Crippen LogP contribution in [0, 0.1) is 11.3 Å². The molecule has 0 aliphatic heterocycles. The summed E-state index contributed by atoms with van der Waals surface area (Å²) in [6, 6.07) is 9.39. The minimum atomic E-state index is -0.441. The van der Waals surface area contributed by atoms with Crippen molar-refractivity contribution in [3.8, 4) is 17.3 Å². The first kappa shape index (κ1) is 19.9. The van der Waals surface area contributed by atoms with Crippen LogP contribution in [0.25, 0.3) is 11.3 Å². The van der Waals surface area contributed by atoms with Crippen molar-refractivity contribution in [2.45, 2.75) is 12.8 Å². The molecule has 144 valence electrons. The molecule has 0 bridgehead atoms. The van der Waals surface area contributed by atoms with Crippen LogP contribution in [0.3, 0.4) is 0 Å². The van der Waals surface area contributed by atoms with Crippen LogP contribution in [0.2, 0.25) is 0 Å². The zero-order valence-electron chi connectivity index (χ0n) is 15.4. The molecule has 2 N–H and O–H groups in total. The van der Waals surface area contributed by atoms with Crippen LogP contribution in [0.1, 0.15) is 23.3 Å². The summed E-state index contributed by atoms with van der Waals surface area (Å²) in [6.07, 6.45) is 5.57. The largest absolute Gasteiger partial charge is 0.306 e. The maximum atomic E-state index is 12.5. The molecule has 0 aliphatic rings. The van der Waals surface area contributed by atoms with Crippen LogP contribution in [0.5, 0.6) is 0 Å². The quantitative estimate of drug-likeness (QED) is 0.608. The van der Waals surface area contributed by atoms with Crippen molar-refractivity contribution in [1.29, 1.82) is 5.26 Å². The first-order chi connectivity index (χ1) is 14.0. The first-order valence-corrected chi connectivity index (χ1v) is 9.34. The summed E-state index contributed by atoms with van der Waals surface area (Å²) in [4.78, 5) is 36.8. The number of nitriles is 1. The second-order valence-electron chi connectivity index (χ2n) is 5.96. The molecule has 0 aliphatic carbocycles. The molecular formula is C20H16N6O2S. The summed E-state index contributed by atoms with van der Waals surface area (Å²) in [7, 11) is 0. The second kappa shape index (κ2) is 8.86. The molecule has 0 saturated heterocycles. The van der Waals surface area contributed by atoms with E-state index in [2.05, 4.69) is 32.2 Å². The van der Waals surface area contributed by atoms with Gasteiger partial charge < -0.3 is 10.6 Å². The Balaban J connectivity index is 1.74. The molecule has 2 amide bonds. The van der Waals surface area contributed by atoms with E-state index in [0.29, 0.717) is 21.5 Å². The smallest absolute Gasteiger partial charge is 0.248 e. The molecule has 3 aromatic rings. The number of hydrogen-bond donors (Lipinski definition) is 2. The zero-order valence-corrected chi connectivity index (χ0v) is 16.2. The van der Waals surface area contributed by atoms with Crippen molar-refractivity contribution in [3.05, 3.63) is 66.0 Å². The summed E-state index contributed by atoms with van der Waals surface area (Å²) in [5.41, 5.74) is 2.19. The lowest BCUT2D eigenvalue weighted by Gasteiger charge is -2.12. The van der Waals surface area contributed by atoms with Crippen molar-refractivity contribution in [2.24, 2.45) is 0 Å². The van der Waals surface area contributed by atoms with Gasteiger partial charge in [-0.05, 0) is 24.6 Å². The molecule has 1 aromatic carbocycles. The second-order valence-corrected chi connectivity index (χ2v) is 6.99. The maximum absolute atomic E-state index is 12.5. The number of thiazole rings is 1. The van der Waals surface area contributed by atoms with E-state index in [-0.39, 0.29) is 11.8 Å². The number of nitrogens with one attached hydrogen (secondary N) is 2. The number of benzene rings is 1. The van der Waals surface area contributed by atoms with E-state index in [9.17, 15) is 9.59 Å². The van der Waals surface area contributed by atoms with E-state index >= 15 is 0 Å². The van der Waals surface area contributed by atoms with Gasteiger partial charge in [0, 0.05) is 5.56 Å². The van der Waals surface area contributed by atoms with Crippen molar-refractivity contribution < 1.29 is 9.59 Å². The third kappa shape index (κ3) is 4.88. The number of aromatic nitrogens is 3. The number of carbonyl (C=O) groups excluding carboxylic acids is 2. The molecule has 0 saturated carbocycles. The van der Waals surface area contributed by atoms with Crippen LogP contribution in [-0.4, -0.2) is 26.8 Å². The van der Waals surface area contributed by atoms with E-state index in [1.165, 1.54) is 12.4 Å². The van der Waals surface area contributed by atoms with Gasteiger partial charge in [-0.1, -0.05) is 36.1 Å². The summed E-state index contributed by atoms with van der Waals surface area (Å²) in [5.74, 6) is -0.711.